The minimum atomic E-state index is 1.03. The minimum absolute atomic E-state index is 1.03. The zero-order valence-electron chi connectivity index (χ0n) is 13.8. The Hall–Kier alpha value is -1.44. The maximum atomic E-state index is 4.85. The molecule has 0 aliphatic heterocycles. The molecule has 0 spiro atoms. The van der Waals surface area contributed by atoms with Crippen molar-refractivity contribution in [3.63, 3.8) is 0 Å². The van der Waals surface area contributed by atoms with Crippen LogP contribution in [-0.2, 0) is 12.8 Å². The van der Waals surface area contributed by atoms with Gasteiger partial charge in [-0.05, 0) is 50.3 Å². The predicted octanol–water partition coefficient (Wildman–Crippen LogP) is 5.40. The van der Waals surface area contributed by atoms with Crippen molar-refractivity contribution in [2.24, 2.45) is 0 Å². The molecule has 2 heteroatoms. The zero-order valence-corrected chi connectivity index (χ0v) is 13.8. The number of rotatable bonds is 8. The van der Waals surface area contributed by atoms with Crippen LogP contribution in [0.4, 0.5) is 0 Å². The van der Waals surface area contributed by atoms with E-state index in [1.807, 2.05) is 0 Å². The van der Waals surface area contributed by atoms with Gasteiger partial charge < -0.3 is 0 Å². The Morgan fingerprint density at radius 3 is 2.38 bits per heavy atom. The first-order valence-corrected chi connectivity index (χ1v) is 8.50. The van der Waals surface area contributed by atoms with Crippen LogP contribution in [0.25, 0.3) is 11.0 Å². The quantitative estimate of drug-likeness (QED) is 0.606. The van der Waals surface area contributed by atoms with Crippen molar-refractivity contribution >= 4 is 11.0 Å². The van der Waals surface area contributed by atoms with Gasteiger partial charge in [-0.25, -0.2) is 9.97 Å². The molecule has 2 aromatic rings. The molecule has 1 aromatic heterocycles. The topological polar surface area (TPSA) is 25.8 Å². The summed E-state index contributed by atoms with van der Waals surface area (Å²) in [5.74, 6) is 0. The third-order valence-corrected chi connectivity index (χ3v) is 4.09. The van der Waals surface area contributed by atoms with Crippen LogP contribution < -0.4 is 0 Å². The van der Waals surface area contributed by atoms with Crippen molar-refractivity contribution < 1.29 is 0 Å². The Labute approximate surface area is 129 Å². The van der Waals surface area contributed by atoms with E-state index in [1.165, 1.54) is 49.8 Å². The fraction of sp³-hybridized carbons (Fsp3) is 0.579. The third-order valence-electron chi connectivity index (χ3n) is 4.09. The van der Waals surface area contributed by atoms with Gasteiger partial charge in [-0.15, -0.1) is 0 Å². The maximum Gasteiger partial charge on any atom is 0.0893 e. The van der Waals surface area contributed by atoms with Gasteiger partial charge in [0.05, 0.1) is 22.4 Å². The fourth-order valence-electron chi connectivity index (χ4n) is 2.72. The number of aryl methyl sites for hydroxylation is 3. The van der Waals surface area contributed by atoms with E-state index in [-0.39, 0.29) is 0 Å². The van der Waals surface area contributed by atoms with Gasteiger partial charge in [0.1, 0.15) is 0 Å². The SMILES string of the molecule is CCCCCCc1ccc2nc(C)c(CCCC)nc2c1. The molecule has 0 radical (unpaired) electrons. The smallest absolute Gasteiger partial charge is 0.0893 e. The molecule has 0 unspecified atom stereocenters. The van der Waals surface area contributed by atoms with Crippen LogP contribution in [0, 0.1) is 6.92 Å². The summed E-state index contributed by atoms with van der Waals surface area (Å²) in [5, 5.41) is 0. The molecular formula is C19H28N2. The van der Waals surface area contributed by atoms with E-state index in [0.29, 0.717) is 0 Å². The summed E-state index contributed by atoms with van der Waals surface area (Å²) in [6.45, 7) is 6.56. The molecule has 0 aliphatic rings. The fourth-order valence-corrected chi connectivity index (χ4v) is 2.72. The first kappa shape index (κ1) is 15.9. The largest absolute Gasteiger partial charge is 0.250 e. The molecule has 0 amide bonds. The second-order valence-corrected chi connectivity index (χ2v) is 5.99. The lowest BCUT2D eigenvalue weighted by molar-refractivity contribution is 0.667. The molecule has 2 rings (SSSR count). The molecule has 0 bridgehead atoms. The second kappa shape index (κ2) is 8.11. The monoisotopic (exact) mass is 284 g/mol. The van der Waals surface area contributed by atoms with Crippen LogP contribution >= 0.6 is 0 Å². The van der Waals surface area contributed by atoms with Crippen molar-refractivity contribution in [2.45, 2.75) is 72.1 Å². The highest BCUT2D eigenvalue weighted by molar-refractivity contribution is 5.75. The van der Waals surface area contributed by atoms with E-state index in [2.05, 4.69) is 39.0 Å². The first-order valence-electron chi connectivity index (χ1n) is 8.50. The summed E-state index contributed by atoms with van der Waals surface area (Å²) in [4.78, 5) is 9.57. The summed E-state index contributed by atoms with van der Waals surface area (Å²) in [6, 6.07) is 6.59. The molecule has 2 nitrogen and oxygen atoms in total. The van der Waals surface area contributed by atoms with Crippen LogP contribution in [0.5, 0.6) is 0 Å². The van der Waals surface area contributed by atoms with E-state index in [0.717, 1.165) is 29.6 Å². The van der Waals surface area contributed by atoms with Gasteiger partial charge in [-0.2, -0.15) is 0 Å². The molecule has 114 valence electrons. The number of unbranched alkanes of at least 4 members (excludes halogenated alkanes) is 4. The highest BCUT2D eigenvalue weighted by atomic mass is 14.8. The van der Waals surface area contributed by atoms with Crippen molar-refractivity contribution in [3.05, 3.63) is 35.2 Å². The molecule has 0 saturated heterocycles. The Morgan fingerprint density at radius 2 is 1.62 bits per heavy atom. The Kier molecular flexibility index (Phi) is 6.16. The summed E-state index contributed by atoms with van der Waals surface area (Å²) in [5.41, 5.74) is 5.77. The predicted molar refractivity (Wildman–Crippen MR) is 90.7 cm³/mol. The zero-order chi connectivity index (χ0) is 15.1. The standard InChI is InChI=1S/C19H28N2/c1-4-6-8-9-10-16-12-13-18-19(14-16)21-17(11-7-5-2)15(3)20-18/h12-14H,4-11H2,1-3H3. The van der Waals surface area contributed by atoms with Crippen LogP contribution in [0.1, 0.15) is 69.3 Å². The average molecular weight is 284 g/mol. The molecule has 1 heterocycles. The number of aromatic nitrogens is 2. The van der Waals surface area contributed by atoms with Crippen LogP contribution in [0.15, 0.2) is 18.2 Å². The van der Waals surface area contributed by atoms with Crippen LogP contribution in [-0.4, -0.2) is 9.97 Å². The second-order valence-electron chi connectivity index (χ2n) is 5.99. The van der Waals surface area contributed by atoms with Crippen molar-refractivity contribution in [1.29, 1.82) is 0 Å². The van der Waals surface area contributed by atoms with E-state index >= 15 is 0 Å². The van der Waals surface area contributed by atoms with Gasteiger partial charge >= 0.3 is 0 Å². The lowest BCUT2D eigenvalue weighted by atomic mass is 10.1. The summed E-state index contributed by atoms with van der Waals surface area (Å²) < 4.78 is 0. The van der Waals surface area contributed by atoms with Crippen LogP contribution in [0.3, 0.4) is 0 Å². The number of nitrogens with zero attached hydrogens (tertiary/aromatic N) is 2. The Balaban J connectivity index is 2.14. The summed E-state index contributed by atoms with van der Waals surface area (Å²) >= 11 is 0. The van der Waals surface area contributed by atoms with E-state index in [1.54, 1.807) is 0 Å². The normalized spacial score (nSPS) is 11.2. The van der Waals surface area contributed by atoms with Crippen molar-refractivity contribution in [1.82, 2.24) is 9.97 Å². The maximum absolute atomic E-state index is 4.85. The summed E-state index contributed by atoms with van der Waals surface area (Å²) in [6.07, 6.45) is 9.85. The van der Waals surface area contributed by atoms with Crippen LogP contribution in [0.2, 0.25) is 0 Å². The molecule has 0 N–H and O–H groups in total. The molecule has 21 heavy (non-hydrogen) atoms. The van der Waals surface area contributed by atoms with Gasteiger partial charge in [-0.1, -0.05) is 45.6 Å². The number of hydrogen-bond donors (Lipinski definition) is 0. The molecule has 0 saturated carbocycles. The lowest BCUT2D eigenvalue weighted by Gasteiger charge is -2.08. The Bertz CT molecular complexity index is 575. The average Bonchev–Trinajstić information content (AvgIpc) is 2.49. The third kappa shape index (κ3) is 4.52. The minimum Gasteiger partial charge on any atom is -0.250 e. The number of benzene rings is 1. The molecule has 0 fully saturated rings. The van der Waals surface area contributed by atoms with Gasteiger partial charge in [0.15, 0.2) is 0 Å². The van der Waals surface area contributed by atoms with Crippen molar-refractivity contribution in [2.75, 3.05) is 0 Å². The van der Waals surface area contributed by atoms with E-state index < -0.39 is 0 Å². The van der Waals surface area contributed by atoms with Gasteiger partial charge in [-0.3, -0.25) is 0 Å². The highest BCUT2D eigenvalue weighted by Gasteiger charge is 2.06. The first-order chi connectivity index (χ1) is 10.2. The lowest BCUT2D eigenvalue weighted by Crippen LogP contribution is -1.99. The van der Waals surface area contributed by atoms with E-state index in [4.69, 9.17) is 9.97 Å². The van der Waals surface area contributed by atoms with E-state index in [9.17, 15) is 0 Å². The molecule has 0 atom stereocenters. The summed E-state index contributed by atoms with van der Waals surface area (Å²) in [7, 11) is 0. The molecule has 1 aromatic carbocycles. The van der Waals surface area contributed by atoms with Gasteiger partial charge in [0.25, 0.3) is 0 Å². The number of fused-ring (bicyclic) bond motifs is 1. The van der Waals surface area contributed by atoms with Crippen molar-refractivity contribution in [3.8, 4) is 0 Å². The van der Waals surface area contributed by atoms with Gasteiger partial charge in [0, 0.05) is 0 Å². The molecule has 0 aliphatic carbocycles. The molecular weight excluding hydrogens is 256 g/mol. The highest BCUT2D eigenvalue weighted by Crippen LogP contribution is 2.17. The van der Waals surface area contributed by atoms with Gasteiger partial charge in [0.2, 0.25) is 0 Å². The Morgan fingerprint density at radius 1 is 0.810 bits per heavy atom. The number of hydrogen-bond acceptors (Lipinski definition) is 2.